The number of anilines is 1. The first-order valence-electron chi connectivity index (χ1n) is 9.76. The number of urea groups is 1. The van der Waals surface area contributed by atoms with Gasteiger partial charge in [-0.1, -0.05) is 18.2 Å². The second-order valence-electron chi connectivity index (χ2n) is 7.30. The van der Waals surface area contributed by atoms with Crippen LogP contribution in [-0.4, -0.2) is 49.2 Å². The Hall–Kier alpha value is -3.22. The number of carbonyl (C=O) groups excluding carboxylic acids is 2. The third kappa shape index (κ3) is 3.85. The van der Waals surface area contributed by atoms with Crippen molar-refractivity contribution in [3.63, 3.8) is 0 Å². The van der Waals surface area contributed by atoms with Crippen LogP contribution in [0, 0.1) is 5.82 Å². The Morgan fingerprint density at radius 3 is 2.66 bits per heavy atom. The lowest BCUT2D eigenvalue weighted by molar-refractivity contribution is -0.116. The molecule has 2 aromatic carbocycles. The molecule has 0 aromatic heterocycles. The lowest BCUT2D eigenvalue weighted by Crippen LogP contribution is -2.37. The van der Waals surface area contributed by atoms with Gasteiger partial charge in [0.2, 0.25) is 5.91 Å². The molecule has 2 aliphatic rings. The molecule has 0 aliphatic carbocycles. The molecule has 1 saturated heterocycles. The Kier molecular flexibility index (Phi) is 5.29. The first-order chi connectivity index (χ1) is 14.0. The molecule has 150 valence electrons. The lowest BCUT2D eigenvalue weighted by atomic mass is 9.97. The van der Waals surface area contributed by atoms with Gasteiger partial charge in [0.15, 0.2) is 0 Å². The molecule has 0 atom stereocenters. The summed E-state index contributed by atoms with van der Waals surface area (Å²) in [6.45, 7) is 1.88. The van der Waals surface area contributed by atoms with E-state index in [-0.39, 0.29) is 24.3 Å². The van der Waals surface area contributed by atoms with E-state index in [0.29, 0.717) is 29.1 Å². The zero-order chi connectivity index (χ0) is 20.4. The number of carbonyl (C=O) groups is 2. The molecule has 1 N–H and O–H groups in total. The molecule has 1 fully saturated rings. The molecule has 0 spiro atoms. The van der Waals surface area contributed by atoms with Crippen molar-refractivity contribution in [1.29, 1.82) is 0 Å². The minimum absolute atomic E-state index is 0.0458. The Bertz CT molecular complexity index is 983. The summed E-state index contributed by atoms with van der Waals surface area (Å²) in [4.78, 5) is 32.4. The fourth-order valence-electron chi connectivity index (χ4n) is 3.74. The summed E-state index contributed by atoms with van der Waals surface area (Å²) in [5, 5.41) is 2.94. The normalized spacial score (nSPS) is 16.3. The molecule has 7 heteroatoms. The van der Waals surface area contributed by atoms with Crippen LogP contribution in [0.2, 0.25) is 0 Å². The largest absolute Gasteiger partial charge is 0.334 e. The fourth-order valence-corrected chi connectivity index (χ4v) is 3.74. The van der Waals surface area contributed by atoms with E-state index in [1.807, 2.05) is 23.1 Å². The molecular formula is C22H23FN4O2. The maximum atomic E-state index is 14.5. The summed E-state index contributed by atoms with van der Waals surface area (Å²) >= 11 is 0. The molecule has 2 heterocycles. The van der Waals surface area contributed by atoms with Crippen LogP contribution in [0.3, 0.4) is 0 Å². The van der Waals surface area contributed by atoms with Gasteiger partial charge >= 0.3 is 6.03 Å². The Morgan fingerprint density at radius 1 is 1.14 bits per heavy atom. The average Bonchev–Trinajstić information content (AvgIpc) is 3.24. The summed E-state index contributed by atoms with van der Waals surface area (Å²) in [6.07, 6.45) is 2.07. The minimum atomic E-state index is -0.387. The summed E-state index contributed by atoms with van der Waals surface area (Å²) in [5.74, 6) is -0.547. The predicted octanol–water partition coefficient (Wildman–Crippen LogP) is 2.94. The van der Waals surface area contributed by atoms with Crippen LogP contribution in [0.4, 0.5) is 14.9 Å². The van der Waals surface area contributed by atoms with Crippen LogP contribution in [0.1, 0.15) is 29.5 Å². The van der Waals surface area contributed by atoms with Crippen molar-refractivity contribution in [2.24, 2.45) is 4.99 Å². The van der Waals surface area contributed by atoms with Crippen LogP contribution in [0.25, 0.3) is 0 Å². The van der Waals surface area contributed by atoms with E-state index in [4.69, 9.17) is 0 Å². The standard InChI is InChI=1S/C22H23FN4O2/c1-26-19-9-8-15(13-25-22(29)27-10-4-5-11-27)12-17(19)21(24-14-20(26)28)16-6-2-3-7-18(16)23/h2-3,6-9,12H,4-5,10-11,13-14H2,1H3,(H,25,29). The van der Waals surface area contributed by atoms with Crippen LogP contribution in [-0.2, 0) is 11.3 Å². The van der Waals surface area contributed by atoms with Gasteiger partial charge in [-0.05, 0) is 42.7 Å². The quantitative estimate of drug-likeness (QED) is 0.870. The molecule has 2 aliphatic heterocycles. The molecule has 0 saturated carbocycles. The smallest absolute Gasteiger partial charge is 0.317 e. The van der Waals surface area contributed by atoms with Gasteiger partial charge in [-0.15, -0.1) is 0 Å². The molecule has 3 amide bonds. The number of benzodiazepines with no additional fused rings is 1. The number of nitrogens with zero attached hydrogens (tertiary/aromatic N) is 3. The highest BCUT2D eigenvalue weighted by Crippen LogP contribution is 2.28. The Labute approximate surface area is 169 Å². The van der Waals surface area contributed by atoms with Gasteiger partial charge < -0.3 is 15.1 Å². The zero-order valence-corrected chi connectivity index (χ0v) is 16.3. The zero-order valence-electron chi connectivity index (χ0n) is 16.3. The lowest BCUT2D eigenvalue weighted by Gasteiger charge is -2.20. The predicted molar refractivity (Wildman–Crippen MR) is 110 cm³/mol. The number of amides is 3. The topological polar surface area (TPSA) is 65.0 Å². The number of aliphatic imine (C=N–C) groups is 1. The first-order valence-corrected chi connectivity index (χ1v) is 9.76. The molecule has 2 aromatic rings. The Balaban J connectivity index is 1.66. The van der Waals surface area contributed by atoms with Gasteiger partial charge in [0.1, 0.15) is 12.4 Å². The number of hydrogen-bond donors (Lipinski definition) is 1. The van der Waals surface area contributed by atoms with Crippen molar-refractivity contribution in [3.05, 3.63) is 65.0 Å². The van der Waals surface area contributed by atoms with Crippen LogP contribution in [0.15, 0.2) is 47.5 Å². The molecule has 29 heavy (non-hydrogen) atoms. The van der Waals surface area contributed by atoms with Gasteiger partial charge in [-0.25, -0.2) is 9.18 Å². The maximum Gasteiger partial charge on any atom is 0.317 e. The molecular weight excluding hydrogens is 371 g/mol. The Morgan fingerprint density at radius 2 is 1.90 bits per heavy atom. The summed E-state index contributed by atoms with van der Waals surface area (Å²) < 4.78 is 14.5. The van der Waals surface area contributed by atoms with E-state index in [9.17, 15) is 14.0 Å². The van der Waals surface area contributed by atoms with Gasteiger partial charge in [-0.3, -0.25) is 9.79 Å². The third-order valence-electron chi connectivity index (χ3n) is 5.39. The van der Waals surface area contributed by atoms with Crippen LogP contribution in [0.5, 0.6) is 0 Å². The van der Waals surface area contributed by atoms with Crippen LogP contribution >= 0.6 is 0 Å². The van der Waals surface area contributed by atoms with Crippen molar-refractivity contribution in [3.8, 4) is 0 Å². The van der Waals surface area contributed by atoms with Gasteiger partial charge in [0.25, 0.3) is 0 Å². The van der Waals surface area contributed by atoms with E-state index in [0.717, 1.165) is 31.5 Å². The van der Waals surface area contributed by atoms with E-state index in [2.05, 4.69) is 10.3 Å². The third-order valence-corrected chi connectivity index (χ3v) is 5.39. The second-order valence-corrected chi connectivity index (χ2v) is 7.30. The molecule has 6 nitrogen and oxygen atoms in total. The highest BCUT2D eigenvalue weighted by Gasteiger charge is 2.24. The minimum Gasteiger partial charge on any atom is -0.334 e. The van der Waals surface area contributed by atoms with Crippen molar-refractivity contribution in [2.75, 3.05) is 31.6 Å². The first kappa shape index (κ1) is 19.1. The van der Waals surface area contributed by atoms with Crippen molar-refractivity contribution < 1.29 is 14.0 Å². The number of benzene rings is 2. The van der Waals surface area contributed by atoms with Gasteiger partial charge in [0.05, 0.1) is 11.4 Å². The molecule has 0 bridgehead atoms. The van der Waals surface area contributed by atoms with E-state index in [1.54, 1.807) is 30.1 Å². The number of hydrogen-bond acceptors (Lipinski definition) is 3. The second kappa shape index (κ2) is 8.03. The van der Waals surface area contributed by atoms with Crippen molar-refractivity contribution >= 4 is 23.3 Å². The number of likely N-dealkylation sites (N-methyl/N-ethyl adjacent to an activating group) is 1. The number of fused-ring (bicyclic) bond motifs is 1. The molecule has 0 radical (unpaired) electrons. The van der Waals surface area contributed by atoms with E-state index in [1.165, 1.54) is 6.07 Å². The fraction of sp³-hybridized carbons (Fsp3) is 0.318. The van der Waals surface area contributed by atoms with E-state index < -0.39 is 0 Å². The molecule has 4 rings (SSSR count). The van der Waals surface area contributed by atoms with Gasteiger partial charge in [-0.2, -0.15) is 0 Å². The SMILES string of the molecule is CN1C(=O)CN=C(c2ccccc2F)c2cc(CNC(=O)N3CCCC3)ccc21. The van der Waals surface area contributed by atoms with Gasteiger partial charge in [0, 0.05) is 37.8 Å². The summed E-state index contributed by atoms with van der Waals surface area (Å²) in [6, 6.07) is 11.9. The number of likely N-dealkylation sites (tertiary alicyclic amines) is 1. The summed E-state index contributed by atoms with van der Waals surface area (Å²) in [7, 11) is 1.69. The highest BCUT2D eigenvalue weighted by atomic mass is 19.1. The molecule has 0 unspecified atom stereocenters. The number of nitrogens with one attached hydrogen (secondary N) is 1. The number of rotatable bonds is 3. The van der Waals surface area contributed by atoms with E-state index >= 15 is 0 Å². The number of halogens is 1. The average molecular weight is 394 g/mol. The van der Waals surface area contributed by atoms with Crippen molar-refractivity contribution in [2.45, 2.75) is 19.4 Å². The van der Waals surface area contributed by atoms with Crippen LogP contribution < -0.4 is 10.2 Å². The monoisotopic (exact) mass is 394 g/mol. The highest BCUT2D eigenvalue weighted by molar-refractivity contribution is 6.19. The van der Waals surface area contributed by atoms with Crippen molar-refractivity contribution in [1.82, 2.24) is 10.2 Å². The maximum absolute atomic E-state index is 14.5. The summed E-state index contributed by atoms with van der Waals surface area (Å²) in [5.41, 5.74) is 3.02.